The molecule has 2 aromatic heterocycles. The number of rotatable bonds is 6. The van der Waals surface area contributed by atoms with E-state index in [2.05, 4.69) is 25.3 Å². The van der Waals surface area contributed by atoms with E-state index in [-0.39, 0.29) is 17.8 Å². The molecule has 0 atom stereocenters. The van der Waals surface area contributed by atoms with Crippen molar-refractivity contribution in [3.63, 3.8) is 0 Å². The maximum Gasteiger partial charge on any atom is 0.321 e. The number of nitrogens with one attached hydrogen (secondary N) is 2. The van der Waals surface area contributed by atoms with Crippen molar-refractivity contribution in [3.8, 4) is 17.4 Å². The minimum absolute atomic E-state index is 0.126. The third kappa shape index (κ3) is 3.64. The fourth-order valence-electron chi connectivity index (χ4n) is 3.31. The van der Waals surface area contributed by atoms with Crippen LogP contribution in [-0.4, -0.2) is 33.0 Å². The number of halogens is 1. The zero-order valence-corrected chi connectivity index (χ0v) is 16.4. The van der Waals surface area contributed by atoms with Gasteiger partial charge in [0, 0.05) is 23.2 Å². The molecule has 152 valence electrons. The lowest BCUT2D eigenvalue weighted by atomic mass is 10.1. The van der Waals surface area contributed by atoms with Gasteiger partial charge >= 0.3 is 6.01 Å². The SMILES string of the molecule is COc1nc(NCc2cccc(F)c2)nc(-c2c(C)[nH]c3c(C(N)=O)cccc23)n1. The molecule has 0 radical (unpaired) electrons. The van der Waals surface area contributed by atoms with Crippen molar-refractivity contribution in [2.24, 2.45) is 5.73 Å². The first-order valence-electron chi connectivity index (χ1n) is 9.16. The molecular formula is C21H19FN6O2. The van der Waals surface area contributed by atoms with Gasteiger partial charge in [0.1, 0.15) is 5.82 Å². The third-order valence-corrected chi connectivity index (χ3v) is 4.65. The lowest BCUT2D eigenvalue weighted by Gasteiger charge is -2.09. The summed E-state index contributed by atoms with van der Waals surface area (Å²) in [6.07, 6.45) is 0. The predicted molar refractivity (Wildman–Crippen MR) is 111 cm³/mol. The number of hydrogen-bond donors (Lipinski definition) is 3. The van der Waals surface area contributed by atoms with Crippen LogP contribution in [0.1, 0.15) is 21.6 Å². The van der Waals surface area contributed by atoms with Crippen LogP contribution in [0.3, 0.4) is 0 Å². The summed E-state index contributed by atoms with van der Waals surface area (Å²) in [5, 5.41) is 3.83. The zero-order chi connectivity index (χ0) is 21.3. The molecule has 0 saturated carbocycles. The number of amides is 1. The first-order chi connectivity index (χ1) is 14.5. The number of para-hydroxylation sites is 1. The number of fused-ring (bicyclic) bond motifs is 1. The van der Waals surface area contributed by atoms with E-state index in [4.69, 9.17) is 10.5 Å². The van der Waals surface area contributed by atoms with Crippen LogP contribution in [0, 0.1) is 12.7 Å². The number of anilines is 1. The Labute approximate surface area is 171 Å². The van der Waals surface area contributed by atoms with E-state index in [0.29, 0.717) is 29.0 Å². The molecule has 0 aliphatic heterocycles. The van der Waals surface area contributed by atoms with Crippen LogP contribution in [0.25, 0.3) is 22.3 Å². The number of primary amides is 1. The second-order valence-electron chi connectivity index (χ2n) is 6.67. The average molecular weight is 406 g/mol. The molecule has 30 heavy (non-hydrogen) atoms. The topological polar surface area (TPSA) is 119 Å². The molecule has 0 aliphatic rings. The van der Waals surface area contributed by atoms with Gasteiger partial charge in [-0.15, -0.1) is 0 Å². The standard InChI is InChI=1S/C21H19FN6O2/c1-11-16(14-7-4-8-15(18(23)29)17(14)25-11)19-26-20(28-21(27-19)30-2)24-10-12-5-3-6-13(22)9-12/h3-9,25H,10H2,1-2H3,(H2,23,29)(H,24,26,27,28). The van der Waals surface area contributed by atoms with Crippen molar-refractivity contribution in [2.75, 3.05) is 12.4 Å². The van der Waals surface area contributed by atoms with Gasteiger partial charge in [-0.2, -0.15) is 15.0 Å². The first-order valence-corrected chi connectivity index (χ1v) is 9.16. The summed E-state index contributed by atoms with van der Waals surface area (Å²) < 4.78 is 18.7. The summed E-state index contributed by atoms with van der Waals surface area (Å²) in [6.45, 7) is 2.18. The van der Waals surface area contributed by atoms with Crippen LogP contribution in [0.2, 0.25) is 0 Å². The van der Waals surface area contributed by atoms with Crippen molar-refractivity contribution in [1.82, 2.24) is 19.9 Å². The number of aromatic amines is 1. The van der Waals surface area contributed by atoms with Crippen LogP contribution in [0.4, 0.5) is 10.3 Å². The summed E-state index contributed by atoms with van der Waals surface area (Å²) in [5.41, 5.74) is 8.71. The Morgan fingerprint density at radius 3 is 2.73 bits per heavy atom. The maximum atomic E-state index is 13.4. The summed E-state index contributed by atoms with van der Waals surface area (Å²) in [4.78, 5) is 28.1. The van der Waals surface area contributed by atoms with Crippen molar-refractivity contribution in [2.45, 2.75) is 13.5 Å². The number of benzene rings is 2. The van der Waals surface area contributed by atoms with E-state index >= 15 is 0 Å². The Bertz CT molecular complexity index is 1250. The molecule has 4 N–H and O–H groups in total. The highest BCUT2D eigenvalue weighted by atomic mass is 19.1. The van der Waals surface area contributed by atoms with Crippen LogP contribution < -0.4 is 15.8 Å². The summed E-state index contributed by atoms with van der Waals surface area (Å²) >= 11 is 0. The van der Waals surface area contributed by atoms with E-state index in [9.17, 15) is 9.18 Å². The van der Waals surface area contributed by atoms with E-state index in [1.54, 1.807) is 24.3 Å². The Kier molecular flexibility index (Phi) is 5.01. The summed E-state index contributed by atoms with van der Waals surface area (Å²) in [7, 11) is 1.46. The van der Waals surface area contributed by atoms with Gasteiger partial charge in [-0.3, -0.25) is 4.79 Å². The van der Waals surface area contributed by atoms with E-state index in [0.717, 1.165) is 16.6 Å². The number of aromatic nitrogens is 4. The van der Waals surface area contributed by atoms with Gasteiger partial charge in [-0.05, 0) is 30.7 Å². The van der Waals surface area contributed by atoms with Gasteiger partial charge in [0.2, 0.25) is 5.95 Å². The number of H-pyrrole nitrogens is 1. The van der Waals surface area contributed by atoms with Crippen molar-refractivity contribution < 1.29 is 13.9 Å². The molecule has 8 nitrogen and oxygen atoms in total. The van der Waals surface area contributed by atoms with Gasteiger partial charge in [-0.25, -0.2) is 4.39 Å². The minimum Gasteiger partial charge on any atom is -0.467 e. The van der Waals surface area contributed by atoms with Crippen molar-refractivity contribution in [1.29, 1.82) is 0 Å². The largest absolute Gasteiger partial charge is 0.467 e. The van der Waals surface area contributed by atoms with Gasteiger partial charge in [0.05, 0.1) is 18.2 Å². The first kappa shape index (κ1) is 19.3. The number of carbonyl (C=O) groups excluding carboxylic acids is 1. The number of carbonyl (C=O) groups is 1. The molecule has 0 spiro atoms. The quantitative estimate of drug-likeness (QED) is 0.452. The lowest BCUT2D eigenvalue weighted by Crippen LogP contribution is -2.11. The normalized spacial score (nSPS) is 10.9. The van der Waals surface area contributed by atoms with Crippen LogP contribution >= 0.6 is 0 Å². The molecule has 2 aromatic carbocycles. The predicted octanol–water partition coefficient (Wildman–Crippen LogP) is 3.19. The third-order valence-electron chi connectivity index (χ3n) is 4.65. The van der Waals surface area contributed by atoms with Gasteiger partial charge < -0.3 is 20.8 Å². The van der Waals surface area contributed by atoms with Crippen LogP contribution in [0.15, 0.2) is 42.5 Å². The van der Waals surface area contributed by atoms with Crippen LogP contribution in [-0.2, 0) is 6.54 Å². The number of aryl methyl sites for hydroxylation is 1. The molecule has 4 rings (SSSR count). The molecule has 0 aliphatic carbocycles. The van der Waals surface area contributed by atoms with Crippen LogP contribution in [0.5, 0.6) is 6.01 Å². The number of nitrogens with two attached hydrogens (primary N) is 1. The van der Waals surface area contributed by atoms with E-state index in [1.807, 2.05) is 13.0 Å². The molecular weight excluding hydrogens is 387 g/mol. The molecule has 0 bridgehead atoms. The molecule has 4 aromatic rings. The van der Waals surface area contributed by atoms with Gasteiger partial charge in [0.25, 0.3) is 5.91 Å². The average Bonchev–Trinajstić information content (AvgIpc) is 3.07. The Hall–Kier alpha value is -4.01. The minimum atomic E-state index is -0.529. The lowest BCUT2D eigenvalue weighted by molar-refractivity contribution is 0.100. The highest BCUT2D eigenvalue weighted by Gasteiger charge is 2.19. The second-order valence-corrected chi connectivity index (χ2v) is 6.67. The summed E-state index contributed by atoms with van der Waals surface area (Å²) in [5.74, 6) is -0.197. The molecule has 0 saturated heterocycles. The van der Waals surface area contributed by atoms with E-state index < -0.39 is 5.91 Å². The second kappa shape index (κ2) is 7.78. The highest BCUT2D eigenvalue weighted by molar-refractivity contribution is 6.09. The van der Waals surface area contributed by atoms with Gasteiger partial charge in [-0.1, -0.05) is 24.3 Å². The monoisotopic (exact) mass is 406 g/mol. The Morgan fingerprint density at radius 2 is 2.00 bits per heavy atom. The van der Waals surface area contributed by atoms with E-state index in [1.165, 1.54) is 19.2 Å². The summed E-state index contributed by atoms with van der Waals surface area (Å²) in [6, 6.07) is 11.6. The molecule has 1 amide bonds. The smallest absolute Gasteiger partial charge is 0.321 e. The van der Waals surface area contributed by atoms with Crippen molar-refractivity contribution >= 4 is 22.8 Å². The van der Waals surface area contributed by atoms with Crippen molar-refractivity contribution in [3.05, 3.63) is 65.1 Å². The Morgan fingerprint density at radius 1 is 1.20 bits per heavy atom. The molecule has 0 fully saturated rings. The Balaban J connectivity index is 1.76. The fourth-order valence-corrected chi connectivity index (χ4v) is 3.31. The number of methoxy groups -OCH3 is 1. The van der Waals surface area contributed by atoms with Gasteiger partial charge in [0.15, 0.2) is 5.82 Å². The number of hydrogen-bond acceptors (Lipinski definition) is 6. The zero-order valence-electron chi connectivity index (χ0n) is 16.4. The fraction of sp³-hybridized carbons (Fsp3) is 0.143. The number of nitrogens with zero attached hydrogens (tertiary/aromatic N) is 3. The number of ether oxygens (including phenoxy) is 1. The molecule has 0 unspecified atom stereocenters. The molecule has 2 heterocycles. The highest BCUT2D eigenvalue weighted by Crippen LogP contribution is 2.32. The maximum absolute atomic E-state index is 13.4. The molecule has 9 heteroatoms.